The molecule has 0 fully saturated rings. The van der Waals surface area contributed by atoms with Gasteiger partial charge in [0, 0.05) is 17.6 Å². The summed E-state index contributed by atoms with van der Waals surface area (Å²) in [4.78, 5) is 26.9. The maximum absolute atomic E-state index is 10.7. The molecular formula is C8H5N3O4. The SMILES string of the molecule is O=C(O)c1nc2[nH]ccc2cc1[N+](=O)[O-]. The Hall–Kier alpha value is -2.44. The van der Waals surface area contributed by atoms with Gasteiger partial charge >= 0.3 is 11.7 Å². The van der Waals surface area contributed by atoms with Crippen LogP contribution < -0.4 is 0 Å². The fourth-order valence-electron chi connectivity index (χ4n) is 1.27. The zero-order valence-electron chi connectivity index (χ0n) is 7.30. The number of rotatable bonds is 2. The number of aromatic carboxylic acids is 1. The van der Waals surface area contributed by atoms with E-state index in [9.17, 15) is 14.9 Å². The van der Waals surface area contributed by atoms with E-state index in [1.54, 1.807) is 6.07 Å². The number of nitro groups is 1. The molecule has 2 N–H and O–H groups in total. The van der Waals surface area contributed by atoms with E-state index in [0.717, 1.165) is 0 Å². The number of aromatic amines is 1. The van der Waals surface area contributed by atoms with Crippen molar-refractivity contribution in [1.29, 1.82) is 0 Å². The Labute approximate surface area is 82.5 Å². The van der Waals surface area contributed by atoms with Gasteiger partial charge in [0.15, 0.2) is 0 Å². The molecule has 0 aliphatic heterocycles. The van der Waals surface area contributed by atoms with Crippen LogP contribution in [0.5, 0.6) is 0 Å². The molecule has 0 aliphatic rings. The lowest BCUT2D eigenvalue weighted by atomic mass is 10.2. The van der Waals surface area contributed by atoms with Gasteiger partial charge < -0.3 is 10.1 Å². The van der Waals surface area contributed by atoms with Crippen LogP contribution in [-0.4, -0.2) is 26.0 Å². The normalized spacial score (nSPS) is 10.4. The molecule has 7 heteroatoms. The molecule has 0 atom stereocenters. The first-order valence-electron chi connectivity index (χ1n) is 3.95. The molecule has 15 heavy (non-hydrogen) atoms. The molecule has 2 aromatic rings. The van der Waals surface area contributed by atoms with Gasteiger partial charge in [-0.3, -0.25) is 10.1 Å². The van der Waals surface area contributed by atoms with Crippen molar-refractivity contribution in [3.05, 3.63) is 34.1 Å². The van der Waals surface area contributed by atoms with Crippen LogP contribution in [-0.2, 0) is 0 Å². The number of fused-ring (bicyclic) bond motifs is 1. The molecule has 0 aromatic carbocycles. The predicted molar refractivity (Wildman–Crippen MR) is 49.7 cm³/mol. The maximum atomic E-state index is 10.7. The van der Waals surface area contributed by atoms with Crippen LogP contribution in [0.4, 0.5) is 5.69 Å². The first-order chi connectivity index (χ1) is 7.09. The molecule has 76 valence electrons. The van der Waals surface area contributed by atoms with Gasteiger partial charge in [-0.25, -0.2) is 9.78 Å². The molecule has 0 bridgehead atoms. The van der Waals surface area contributed by atoms with Crippen LogP contribution in [0.15, 0.2) is 18.3 Å². The zero-order chi connectivity index (χ0) is 11.0. The molecule has 0 unspecified atom stereocenters. The minimum absolute atomic E-state index is 0.318. The van der Waals surface area contributed by atoms with Crippen LogP contribution in [0, 0.1) is 10.1 Å². The molecule has 0 spiro atoms. The number of carboxylic acid groups (broad SMARTS) is 1. The Bertz CT molecular complexity index is 512. The standard InChI is InChI=1S/C8H5N3O4/c12-8(13)6-5(11(14)15)3-4-1-2-9-7(4)10-6/h1-3H,(H,9,10)(H,12,13). The first kappa shape index (κ1) is 9.13. The quantitative estimate of drug-likeness (QED) is 0.567. The summed E-state index contributed by atoms with van der Waals surface area (Å²) in [6.07, 6.45) is 1.53. The number of nitrogens with one attached hydrogen (secondary N) is 1. The minimum Gasteiger partial charge on any atom is -0.476 e. The van der Waals surface area contributed by atoms with Crippen molar-refractivity contribution < 1.29 is 14.8 Å². The van der Waals surface area contributed by atoms with Crippen LogP contribution in [0.2, 0.25) is 0 Å². The molecular weight excluding hydrogens is 202 g/mol. The Morgan fingerprint density at radius 2 is 2.33 bits per heavy atom. The summed E-state index contributed by atoms with van der Waals surface area (Å²) in [7, 11) is 0. The number of H-pyrrole nitrogens is 1. The topological polar surface area (TPSA) is 109 Å². The van der Waals surface area contributed by atoms with Crippen molar-refractivity contribution >= 4 is 22.7 Å². The van der Waals surface area contributed by atoms with Crippen LogP contribution in [0.3, 0.4) is 0 Å². The average Bonchev–Trinajstić information content (AvgIpc) is 2.61. The van der Waals surface area contributed by atoms with E-state index in [1.807, 2.05) is 0 Å². The van der Waals surface area contributed by atoms with E-state index < -0.39 is 22.3 Å². The van der Waals surface area contributed by atoms with E-state index in [2.05, 4.69) is 9.97 Å². The molecule has 2 heterocycles. The molecule has 0 saturated carbocycles. The fourth-order valence-corrected chi connectivity index (χ4v) is 1.27. The second kappa shape index (κ2) is 3.05. The third-order valence-corrected chi connectivity index (χ3v) is 1.91. The predicted octanol–water partition coefficient (Wildman–Crippen LogP) is 1.17. The lowest BCUT2D eigenvalue weighted by molar-refractivity contribution is -0.385. The summed E-state index contributed by atoms with van der Waals surface area (Å²) in [6.45, 7) is 0. The van der Waals surface area contributed by atoms with Crippen molar-refractivity contribution in [1.82, 2.24) is 9.97 Å². The third-order valence-electron chi connectivity index (χ3n) is 1.91. The smallest absolute Gasteiger partial charge is 0.361 e. The van der Waals surface area contributed by atoms with Crippen LogP contribution >= 0.6 is 0 Å². The average molecular weight is 207 g/mol. The number of pyridine rings is 1. The molecule has 0 aliphatic carbocycles. The highest BCUT2D eigenvalue weighted by atomic mass is 16.6. The summed E-state index contributed by atoms with van der Waals surface area (Å²) in [6, 6.07) is 2.77. The number of carboxylic acids is 1. The number of hydrogen-bond donors (Lipinski definition) is 2. The summed E-state index contributed by atoms with van der Waals surface area (Å²) >= 11 is 0. The summed E-state index contributed by atoms with van der Waals surface area (Å²) in [5, 5.41) is 19.8. The Morgan fingerprint density at radius 1 is 1.60 bits per heavy atom. The Balaban J connectivity index is 2.79. The first-order valence-corrected chi connectivity index (χ1v) is 3.95. The van der Waals surface area contributed by atoms with Crippen molar-refractivity contribution in [3.8, 4) is 0 Å². The van der Waals surface area contributed by atoms with E-state index >= 15 is 0 Å². The molecule has 2 aromatic heterocycles. The summed E-state index contributed by atoms with van der Waals surface area (Å²) < 4.78 is 0. The van der Waals surface area contributed by atoms with Crippen molar-refractivity contribution in [3.63, 3.8) is 0 Å². The monoisotopic (exact) mass is 207 g/mol. The molecule has 0 radical (unpaired) electrons. The highest BCUT2D eigenvalue weighted by Gasteiger charge is 2.22. The van der Waals surface area contributed by atoms with E-state index in [1.165, 1.54) is 12.3 Å². The number of carbonyl (C=O) groups is 1. The van der Waals surface area contributed by atoms with Gasteiger partial charge in [-0.2, -0.15) is 0 Å². The van der Waals surface area contributed by atoms with Gasteiger partial charge in [-0.1, -0.05) is 0 Å². The number of nitrogens with zero attached hydrogens (tertiary/aromatic N) is 2. The molecule has 0 amide bonds. The van der Waals surface area contributed by atoms with Gasteiger partial charge in [0.1, 0.15) is 5.65 Å². The maximum Gasteiger partial charge on any atom is 0.361 e. The summed E-state index contributed by atoms with van der Waals surface area (Å²) in [5.74, 6) is -1.42. The van der Waals surface area contributed by atoms with Gasteiger partial charge in [-0.05, 0) is 6.07 Å². The van der Waals surface area contributed by atoms with Gasteiger partial charge in [0.05, 0.1) is 4.92 Å². The van der Waals surface area contributed by atoms with Gasteiger partial charge in [0.25, 0.3) is 0 Å². The van der Waals surface area contributed by atoms with Crippen molar-refractivity contribution in [2.75, 3.05) is 0 Å². The molecule has 2 rings (SSSR count). The van der Waals surface area contributed by atoms with E-state index in [0.29, 0.717) is 11.0 Å². The third kappa shape index (κ3) is 1.39. The zero-order valence-corrected chi connectivity index (χ0v) is 7.30. The van der Waals surface area contributed by atoms with E-state index in [-0.39, 0.29) is 0 Å². The lowest BCUT2D eigenvalue weighted by Crippen LogP contribution is -2.05. The minimum atomic E-state index is -1.42. The fraction of sp³-hybridized carbons (Fsp3) is 0. The number of hydrogen-bond acceptors (Lipinski definition) is 4. The summed E-state index contributed by atoms with van der Waals surface area (Å²) in [5.41, 5.74) is -0.748. The van der Waals surface area contributed by atoms with Crippen LogP contribution in [0.25, 0.3) is 11.0 Å². The number of aromatic nitrogens is 2. The second-order valence-electron chi connectivity index (χ2n) is 2.83. The van der Waals surface area contributed by atoms with Crippen molar-refractivity contribution in [2.45, 2.75) is 0 Å². The highest BCUT2D eigenvalue weighted by Crippen LogP contribution is 2.21. The second-order valence-corrected chi connectivity index (χ2v) is 2.83. The van der Waals surface area contributed by atoms with Gasteiger partial charge in [-0.15, -0.1) is 0 Å². The van der Waals surface area contributed by atoms with Gasteiger partial charge in [0.2, 0.25) is 5.69 Å². The van der Waals surface area contributed by atoms with Crippen molar-refractivity contribution in [2.24, 2.45) is 0 Å². The molecule has 0 saturated heterocycles. The largest absolute Gasteiger partial charge is 0.476 e. The van der Waals surface area contributed by atoms with E-state index in [4.69, 9.17) is 5.11 Å². The lowest BCUT2D eigenvalue weighted by Gasteiger charge is -1.97. The Kier molecular flexibility index (Phi) is 1.86. The Morgan fingerprint density at radius 3 is 2.93 bits per heavy atom. The highest BCUT2D eigenvalue weighted by molar-refractivity contribution is 5.94. The molecule has 7 nitrogen and oxygen atoms in total. The van der Waals surface area contributed by atoms with Crippen LogP contribution in [0.1, 0.15) is 10.5 Å².